The van der Waals surface area contributed by atoms with Crippen molar-refractivity contribution >= 4 is 17.2 Å². The monoisotopic (exact) mass is 288 g/mol. The van der Waals surface area contributed by atoms with Crippen LogP contribution in [0.2, 0.25) is 0 Å². The fourth-order valence-electron chi connectivity index (χ4n) is 3.71. The number of nitriles is 1. The van der Waals surface area contributed by atoms with Crippen molar-refractivity contribution < 1.29 is 4.79 Å². The number of fused-ring (bicyclic) bond motifs is 1. The molecule has 0 bridgehead atoms. The van der Waals surface area contributed by atoms with Gasteiger partial charge in [0.1, 0.15) is 0 Å². The van der Waals surface area contributed by atoms with E-state index in [4.69, 9.17) is 5.26 Å². The van der Waals surface area contributed by atoms with E-state index in [9.17, 15) is 4.79 Å². The van der Waals surface area contributed by atoms with Crippen molar-refractivity contribution in [2.45, 2.75) is 51.0 Å². The normalized spacial score (nSPS) is 25.9. The molecule has 1 saturated carbocycles. The van der Waals surface area contributed by atoms with E-state index >= 15 is 0 Å². The second kappa shape index (κ2) is 5.97. The summed E-state index contributed by atoms with van der Waals surface area (Å²) in [7, 11) is 0. The lowest BCUT2D eigenvalue weighted by Gasteiger charge is -2.44. The standard InChI is InChI=1S/C16H20N2OS/c17-8-7-14-10-13(11-20-14)16(19)18-9-3-5-12-4-1-2-6-15(12)18/h10-12,15H,1-7,9H2. The smallest absolute Gasteiger partial charge is 0.254 e. The van der Waals surface area contributed by atoms with Crippen LogP contribution in [0.25, 0.3) is 0 Å². The van der Waals surface area contributed by atoms with Crippen molar-refractivity contribution in [3.05, 3.63) is 21.9 Å². The number of thiophene rings is 1. The van der Waals surface area contributed by atoms with Crippen molar-refractivity contribution in [2.75, 3.05) is 6.54 Å². The van der Waals surface area contributed by atoms with Crippen molar-refractivity contribution in [3.63, 3.8) is 0 Å². The van der Waals surface area contributed by atoms with E-state index in [1.807, 2.05) is 11.4 Å². The number of nitrogens with zero attached hydrogens (tertiary/aromatic N) is 2. The summed E-state index contributed by atoms with van der Waals surface area (Å²) in [6.07, 6.45) is 7.88. The van der Waals surface area contributed by atoms with Crippen LogP contribution in [-0.2, 0) is 6.42 Å². The van der Waals surface area contributed by atoms with Gasteiger partial charge < -0.3 is 4.90 Å². The summed E-state index contributed by atoms with van der Waals surface area (Å²) in [4.78, 5) is 15.8. The zero-order valence-electron chi connectivity index (χ0n) is 11.7. The van der Waals surface area contributed by atoms with Crippen LogP contribution in [0, 0.1) is 17.2 Å². The van der Waals surface area contributed by atoms with Gasteiger partial charge in [-0.25, -0.2) is 0 Å². The molecule has 3 nitrogen and oxygen atoms in total. The maximum absolute atomic E-state index is 12.7. The molecule has 2 aliphatic rings. The minimum atomic E-state index is 0.182. The van der Waals surface area contributed by atoms with Gasteiger partial charge in [-0.15, -0.1) is 11.3 Å². The van der Waals surface area contributed by atoms with Crippen LogP contribution in [0.15, 0.2) is 11.4 Å². The summed E-state index contributed by atoms with van der Waals surface area (Å²) in [6.45, 7) is 0.906. The lowest BCUT2D eigenvalue weighted by Crippen LogP contribution is -2.49. The molecule has 3 rings (SSSR count). The van der Waals surface area contributed by atoms with Crippen LogP contribution in [-0.4, -0.2) is 23.4 Å². The number of carbonyl (C=O) groups excluding carboxylic acids is 1. The maximum Gasteiger partial charge on any atom is 0.254 e. The molecule has 2 fully saturated rings. The summed E-state index contributed by atoms with van der Waals surface area (Å²) in [5.74, 6) is 0.903. The van der Waals surface area contributed by atoms with Gasteiger partial charge in [0.05, 0.1) is 18.1 Å². The molecule has 1 aromatic rings. The molecule has 0 spiro atoms. The van der Waals surface area contributed by atoms with Crippen LogP contribution in [0.1, 0.15) is 53.8 Å². The topological polar surface area (TPSA) is 44.1 Å². The minimum Gasteiger partial charge on any atom is -0.335 e. The Hall–Kier alpha value is -1.34. The number of piperidine rings is 1. The highest BCUT2D eigenvalue weighted by Gasteiger charge is 2.36. The van der Waals surface area contributed by atoms with Crippen LogP contribution >= 0.6 is 11.3 Å². The van der Waals surface area contributed by atoms with E-state index in [2.05, 4.69) is 11.0 Å². The average Bonchev–Trinajstić information content (AvgIpc) is 2.95. The van der Waals surface area contributed by atoms with Crippen molar-refractivity contribution in [1.82, 2.24) is 4.90 Å². The van der Waals surface area contributed by atoms with Crippen LogP contribution in [0.4, 0.5) is 0 Å². The Morgan fingerprint density at radius 2 is 2.15 bits per heavy atom. The van der Waals surface area contributed by atoms with E-state index in [0.29, 0.717) is 12.5 Å². The molecule has 4 heteroatoms. The van der Waals surface area contributed by atoms with Crippen molar-refractivity contribution in [3.8, 4) is 6.07 Å². The van der Waals surface area contributed by atoms with Crippen LogP contribution in [0.3, 0.4) is 0 Å². The van der Waals surface area contributed by atoms with Crippen molar-refractivity contribution in [2.24, 2.45) is 5.92 Å². The molecule has 0 aromatic carbocycles. The summed E-state index contributed by atoms with van der Waals surface area (Å²) in [5.41, 5.74) is 0.784. The quantitative estimate of drug-likeness (QED) is 0.834. The zero-order valence-corrected chi connectivity index (χ0v) is 12.5. The van der Waals surface area contributed by atoms with Gasteiger partial charge in [0.25, 0.3) is 5.91 Å². The Morgan fingerprint density at radius 1 is 1.35 bits per heavy atom. The third kappa shape index (κ3) is 2.60. The molecular formula is C16H20N2OS. The van der Waals surface area contributed by atoms with E-state index < -0.39 is 0 Å². The summed E-state index contributed by atoms with van der Waals surface area (Å²) in [5, 5.41) is 10.7. The second-order valence-electron chi connectivity index (χ2n) is 5.89. The lowest BCUT2D eigenvalue weighted by molar-refractivity contribution is 0.0391. The van der Waals surface area contributed by atoms with Gasteiger partial charge in [-0.1, -0.05) is 12.8 Å². The predicted molar refractivity (Wildman–Crippen MR) is 79.7 cm³/mol. The van der Waals surface area contributed by atoms with Crippen molar-refractivity contribution in [1.29, 1.82) is 5.26 Å². The summed E-state index contributed by atoms with van der Waals surface area (Å²) in [6, 6.07) is 4.51. The van der Waals surface area contributed by atoms with E-state index in [-0.39, 0.29) is 5.91 Å². The minimum absolute atomic E-state index is 0.182. The second-order valence-corrected chi connectivity index (χ2v) is 6.89. The van der Waals surface area contributed by atoms with Gasteiger partial charge in [0.2, 0.25) is 0 Å². The summed E-state index contributed by atoms with van der Waals surface area (Å²) < 4.78 is 0. The number of hydrogen-bond acceptors (Lipinski definition) is 3. The molecular weight excluding hydrogens is 268 g/mol. The molecule has 1 aliphatic carbocycles. The van der Waals surface area contributed by atoms with E-state index in [1.54, 1.807) is 0 Å². The molecule has 2 atom stereocenters. The first kappa shape index (κ1) is 13.6. The van der Waals surface area contributed by atoms with Gasteiger partial charge in [-0.2, -0.15) is 5.26 Å². The predicted octanol–water partition coefficient (Wildman–Crippen LogP) is 3.61. The Labute approximate surface area is 124 Å². The number of rotatable bonds is 2. The number of amides is 1. The molecule has 2 heterocycles. The number of likely N-dealkylation sites (tertiary alicyclic amines) is 1. The molecule has 1 amide bonds. The Bertz CT molecular complexity index is 529. The summed E-state index contributed by atoms with van der Waals surface area (Å²) >= 11 is 1.53. The lowest BCUT2D eigenvalue weighted by atomic mass is 9.78. The number of hydrogen-bond donors (Lipinski definition) is 0. The average molecular weight is 288 g/mol. The van der Waals surface area contributed by atoms with Gasteiger partial charge in [-0.3, -0.25) is 4.79 Å². The largest absolute Gasteiger partial charge is 0.335 e. The third-order valence-corrected chi connectivity index (χ3v) is 5.59. The van der Waals surface area contributed by atoms with Gasteiger partial charge in [0, 0.05) is 22.8 Å². The van der Waals surface area contributed by atoms with E-state index in [1.165, 1.54) is 43.4 Å². The maximum atomic E-state index is 12.7. The zero-order chi connectivity index (χ0) is 13.9. The van der Waals surface area contributed by atoms with Crippen LogP contribution < -0.4 is 0 Å². The third-order valence-electron chi connectivity index (χ3n) is 4.66. The van der Waals surface area contributed by atoms with Gasteiger partial charge >= 0.3 is 0 Å². The molecule has 1 aromatic heterocycles. The molecule has 0 radical (unpaired) electrons. The van der Waals surface area contributed by atoms with Gasteiger partial charge in [-0.05, 0) is 37.7 Å². The molecule has 106 valence electrons. The Balaban J connectivity index is 1.76. The first-order valence-electron chi connectivity index (χ1n) is 7.55. The molecule has 20 heavy (non-hydrogen) atoms. The molecule has 0 N–H and O–H groups in total. The highest BCUT2D eigenvalue weighted by molar-refractivity contribution is 7.10. The highest BCUT2D eigenvalue weighted by atomic mass is 32.1. The molecule has 1 aliphatic heterocycles. The van der Waals surface area contributed by atoms with Crippen LogP contribution in [0.5, 0.6) is 0 Å². The molecule has 1 saturated heterocycles. The number of carbonyl (C=O) groups is 1. The highest BCUT2D eigenvalue weighted by Crippen LogP contribution is 2.36. The first-order chi connectivity index (χ1) is 9.79. The first-order valence-corrected chi connectivity index (χ1v) is 8.43. The SMILES string of the molecule is N#CCc1cc(C(=O)N2CCCC3CCCCC32)cs1. The fraction of sp³-hybridized carbons (Fsp3) is 0.625. The Morgan fingerprint density at radius 3 is 3.00 bits per heavy atom. The molecule has 2 unspecified atom stereocenters. The fourth-order valence-corrected chi connectivity index (χ4v) is 4.50. The Kier molecular flexibility index (Phi) is 4.07. The van der Waals surface area contributed by atoms with Gasteiger partial charge in [0.15, 0.2) is 0 Å². The van der Waals surface area contributed by atoms with E-state index in [0.717, 1.165) is 29.3 Å².